The molecular formula is C19H9F4N5. The Kier molecular flexibility index (Phi) is 4.04. The third-order valence-electron chi connectivity index (χ3n) is 4.16. The van der Waals surface area contributed by atoms with Gasteiger partial charge < -0.3 is 0 Å². The molecular weight excluding hydrogens is 374 g/mol. The molecule has 0 fully saturated rings. The second kappa shape index (κ2) is 6.42. The molecule has 28 heavy (non-hydrogen) atoms. The molecule has 0 aliphatic rings. The van der Waals surface area contributed by atoms with Crippen molar-refractivity contribution in [2.75, 3.05) is 0 Å². The second-order valence-electron chi connectivity index (χ2n) is 5.85. The highest BCUT2D eigenvalue weighted by Gasteiger charge is 2.33. The molecule has 3 aromatic heterocycles. The van der Waals surface area contributed by atoms with Crippen molar-refractivity contribution in [3.63, 3.8) is 0 Å². The average Bonchev–Trinajstić information content (AvgIpc) is 3.11. The van der Waals surface area contributed by atoms with Crippen molar-refractivity contribution in [1.29, 1.82) is 5.26 Å². The molecule has 0 bridgehead atoms. The molecule has 1 aromatic carbocycles. The lowest BCUT2D eigenvalue weighted by atomic mass is 9.99. The minimum absolute atomic E-state index is 0.130. The molecule has 4 rings (SSSR count). The Hall–Kier alpha value is -3.80. The number of benzene rings is 1. The molecule has 3 heterocycles. The first-order valence-corrected chi connectivity index (χ1v) is 7.94. The Morgan fingerprint density at radius 2 is 1.86 bits per heavy atom. The van der Waals surface area contributed by atoms with Crippen LogP contribution in [0.2, 0.25) is 0 Å². The normalized spacial score (nSPS) is 11.5. The fraction of sp³-hybridized carbons (Fsp3) is 0.0526. The van der Waals surface area contributed by atoms with E-state index < -0.39 is 17.7 Å². The molecule has 0 unspecified atom stereocenters. The minimum atomic E-state index is -4.58. The maximum Gasteiger partial charge on any atom is 0.433 e. The number of alkyl halides is 3. The number of hydrogen-bond acceptors (Lipinski definition) is 4. The van der Waals surface area contributed by atoms with E-state index in [9.17, 15) is 22.8 Å². The van der Waals surface area contributed by atoms with Gasteiger partial charge in [0.15, 0.2) is 0 Å². The van der Waals surface area contributed by atoms with Crippen LogP contribution in [-0.2, 0) is 6.18 Å². The van der Waals surface area contributed by atoms with Gasteiger partial charge >= 0.3 is 6.18 Å². The highest BCUT2D eigenvalue weighted by molar-refractivity contribution is 5.75. The van der Waals surface area contributed by atoms with Gasteiger partial charge in [-0.1, -0.05) is 0 Å². The first kappa shape index (κ1) is 17.6. The number of nitrogens with zero attached hydrogens (tertiary/aromatic N) is 5. The lowest BCUT2D eigenvalue weighted by Crippen LogP contribution is -2.09. The van der Waals surface area contributed by atoms with Gasteiger partial charge in [-0.25, -0.2) is 14.4 Å². The van der Waals surface area contributed by atoms with Gasteiger partial charge in [-0.2, -0.15) is 18.4 Å². The van der Waals surface area contributed by atoms with Crippen LogP contribution in [0.4, 0.5) is 17.6 Å². The van der Waals surface area contributed by atoms with E-state index in [1.807, 2.05) is 6.07 Å². The van der Waals surface area contributed by atoms with Crippen molar-refractivity contribution < 1.29 is 17.6 Å². The van der Waals surface area contributed by atoms with E-state index in [1.165, 1.54) is 53.5 Å². The highest BCUT2D eigenvalue weighted by atomic mass is 19.4. The van der Waals surface area contributed by atoms with Crippen molar-refractivity contribution in [1.82, 2.24) is 19.4 Å². The fourth-order valence-corrected chi connectivity index (χ4v) is 2.84. The zero-order chi connectivity index (χ0) is 19.9. The fourth-order valence-electron chi connectivity index (χ4n) is 2.84. The zero-order valence-electron chi connectivity index (χ0n) is 13.9. The molecule has 138 valence electrons. The third kappa shape index (κ3) is 2.95. The maximum atomic E-state index is 14.4. The summed E-state index contributed by atoms with van der Waals surface area (Å²) in [6.07, 6.45) is 0.796. The second-order valence-corrected chi connectivity index (χ2v) is 5.85. The van der Waals surface area contributed by atoms with Crippen LogP contribution in [0.1, 0.15) is 11.3 Å². The summed E-state index contributed by atoms with van der Waals surface area (Å²) in [4.78, 5) is 11.4. The number of halogens is 4. The molecule has 0 radical (unpaired) electrons. The van der Waals surface area contributed by atoms with Crippen molar-refractivity contribution in [3.05, 3.63) is 72.2 Å². The summed E-state index contributed by atoms with van der Waals surface area (Å²) in [5.74, 6) is -0.686. The van der Waals surface area contributed by atoms with E-state index in [0.29, 0.717) is 16.8 Å². The van der Waals surface area contributed by atoms with Crippen molar-refractivity contribution in [2.45, 2.75) is 6.18 Å². The van der Waals surface area contributed by atoms with Gasteiger partial charge in [0, 0.05) is 35.3 Å². The monoisotopic (exact) mass is 383 g/mol. The Morgan fingerprint density at radius 1 is 1.04 bits per heavy atom. The molecule has 0 aliphatic carbocycles. The number of rotatable bonds is 2. The lowest BCUT2D eigenvalue weighted by molar-refractivity contribution is -0.141. The Bertz CT molecular complexity index is 1240. The first-order chi connectivity index (χ1) is 13.4. The van der Waals surface area contributed by atoms with E-state index in [4.69, 9.17) is 0 Å². The van der Waals surface area contributed by atoms with Crippen LogP contribution >= 0.6 is 0 Å². The quantitative estimate of drug-likeness (QED) is 0.479. The summed E-state index contributed by atoms with van der Waals surface area (Å²) in [5, 5.41) is 9.24. The predicted octanol–water partition coefficient (Wildman–Crippen LogP) is 4.49. The molecule has 0 spiro atoms. The minimum Gasteiger partial charge on any atom is -0.284 e. The topological polar surface area (TPSA) is 66.9 Å². The Balaban J connectivity index is 1.86. The molecule has 0 atom stereocenters. The number of fused-ring (bicyclic) bond motifs is 1. The summed E-state index contributed by atoms with van der Waals surface area (Å²) in [5.41, 5.74) is 0.595. The Labute approximate surface area is 155 Å². The molecule has 4 aromatic rings. The molecule has 0 amide bonds. The molecule has 0 saturated heterocycles. The molecule has 0 saturated carbocycles. The van der Waals surface area contributed by atoms with Crippen LogP contribution in [0.25, 0.3) is 28.2 Å². The summed E-state index contributed by atoms with van der Waals surface area (Å²) >= 11 is 0. The van der Waals surface area contributed by atoms with Gasteiger partial charge in [-0.05, 0) is 30.3 Å². The van der Waals surface area contributed by atoms with Crippen LogP contribution in [0.15, 0.2) is 55.1 Å². The lowest BCUT2D eigenvalue weighted by Gasteiger charge is -2.09. The number of imidazole rings is 1. The number of hydrogen-bond donors (Lipinski definition) is 0. The maximum absolute atomic E-state index is 14.4. The predicted molar refractivity (Wildman–Crippen MR) is 91.3 cm³/mol. The van der Waals surface area contributed by atoms with Crippen LogP contribution in [0.3, 0.4) is 0 Å². The summed E-state index contributed by atoms with van der Waals surface area (Å²) < 4.78 is 54.3. The van der Waals surface area contributed by atoms with Crippen LogP contribution in [-0.4, -0.2) is 19.4 Å². The SMILES string of the molecule is N#Cc1ccncc1-c1cc(-c2cnc3nc(C(F)(F)F)ccn23)ccc1F. The number of pyridine rings is 1. The number of aromatic nitrogens is 4. The van der Waals surface area contributed by atoms with Crippen LogP contribution < -0.4 is 0 Å². The van der Waals surface area contributed by atoms with Crippen LogP contribution in [0.5, 0.6) is 0 Å². The van der Waals surface area contributed by atoms with E-state index in [2.05, 4.69) is 15.0 Å². The first-order valence-electron chi connectivity index (χ1n) is 7.94. The van der Waals surface area contributed by atoms with Gasteiger partial charge in [0.2, 0.25) is 5.78 Å². The van der Waals surface area contributed by atoms with Crippen molar-refractivity contribution >= 4 is 5.78 Å². The summed E-state index contributed by atoms with van der Waals surface area (Å²) in [6, 6.07) is 8.49. The molecule has 5 nitrogen and oxygen atoms in total. The van der Waals surface area contributed by atoms with E-state index in [1.54, 1.807) is 0 Å². The smallest absolute Gasteiger partial charge is 0.284 e. The van der Waals surface area contributed by atoms with Gasteiger partial charge in [0.05, 0.1) is 23.5 Å². The average molecular weight is 383 g/mol. The highest BCUT2D eigenvalue weighted by Crippen LogP contribution is 2.32. The summed E-state index contributed by atoms with van der Waals surface area (Å²) in [7, 11) is 0. The molecule has 0 N–H and O–H groups in total. The van der Waals surface area contributed by atoms with Gasteiger partial charge in [-0.3, -0.25) is 9.38 Å². The van der Waals surface area contributed by atoms with E-state index in [-0.39, 0.29) is 16.9 Å². The zero-order valence-corrected chi connectivity index (χ0v) is 13.9. The van der Waals surface area contributed by atoms with Crippen molar-refractivity contribution in [2.24, 2.45) is 0 Å². The largest absolute Gasteiger partial charge is 0.433 e. The van der Waals surface area contributed by atoms with E-state index in [0.717, 1.165) is 6.07 Å². The Morgan fingerprint density at radius 3 is 2.61 bits per heavy atom. The van der Waals surface area contributed by atoms with Gasteiger partial charge in [0.25, 0.3) is 0 Å². The van der Waals surface area contributed by atoms with E-state index >= 15 is 0 Å². The standard InChI is InChI=1S/C19H9F4N5/c20-15-2-1-11(7-13(15)14-9-25-5-3-12(14)8-24)16-10-26-18-27-17(19(21,22)23)4-6-28(16)18/h1-7,9-10H. The third-order valence-corrected chi connectivity index (χ3v) is 4.16. The van der Waals surface area contributed by atoms with Crippen LogP contribution in [0, 0.1) is 17.1 Å². The number of nitriles is 1. The van der Waals surface area contributed by atoms with Gasteiger partial charge in [-0.15, -0.1) is 0 Å². The molecule has 0 aliphatic heterocycles. The molecule has 9 heteroatoms. The van der Waals surface area contributed by atoms with Gasteiger partial charge in [0.1, 0.15) is 11.5 Å². The van der Waals surface area contributed by atoms with Crippen molar-refractivity contribution in [3.8, 4) is 28.5 Å². The summed E-state index contributed by atoms with van der Waals surface area (Å²) in [6.45, 7) is 0.